The molecule has 0 amide bonds. The molecule has 0 radical (unpaired) electrons. The fourth-order valence-electron chi connectivity index (χ4n) is 2.69. The molecule has 3 rings (SSSR count). The number of carbonyl (C=O) groups excluding carboxylic acids is 1. The van der Waals surface area contributed by atoms with Gasteiger partial charge in [0.15, 0.2) is 0 Å². The number of nitriles is 1. The molecule has 2 aromatic heterocycles. The number of aromatic nitrogens is 2. The Hall–Kier alpha value is -3.92. The number of fused-ring (bicyclic) bond motifs is 1. The van der Waals surface area contributed by atoms with Crippen molar-refractivity contribution < 1.29 is 14.3 Å². The highest BCUT2D eigenvalue weighted by Gasteiger charge is 2.18. The maximum Gasteiger partial charge on any atom is 0.348 e. The van der Waals surface area contributed by atoms with Crippen molar-refractivity contribution in [3.8, 4) is 17.7 Å². The lowest BCUT2D eigenvalue weighted by atomic mass is 10.1. The maximum absolute atomic E-state index is 13.0. The summed E-state index contributed by atoms with van der Waals surface area (Å²) in [6.45, 7) is 3.84. The van der Waals surface area contributed by atoms with Gasteiger partial charge in [-0.3, -0.25) is 9.20 Å². The highest BCUT2D eigenvalue weighted by Crippen LogP contribution is 2.27. The van der Waals surface area contributed by atoms with Crippen molar-refractivity contribution in [1.29, 1.82) is 5.26 Å². The summed E-state index contributed by atoms with van der Waals surface area (Å²) in [4.78, 5) is 29.2. The van der Waals surface area contributed by atoms with E-state index < -0.39 is 11.5 Å². The van der Waals surface area contributed by atoms with Gasteiger partial charge in [0.05, 0.1) is 7.11 Å². The summed E-state index contributed by atoms with van der Waals surface area (Å²) in [6.07, 6.45) is 2.69. The van der Waals surface area contributed by atoms with Crippen molar-refractivity contribution in [2.75, 3.05) is 7.11 Å². The first-order valence-corrected chi connectivity index (χ1v) is 8.41. The van der Waals surface area contributed by atoms with Crippen molar-refractivity contribution in [1.82, 2.24) is 9.38 Å². The topological polar surface area (TPSA) is 93.7 Å². The van der Waals surface area contributed by atoms with Crippen LogP contribution in [-0.4, -0.2) is 22.5 Å². The lowest BCUT2D eigenvalue weighted by molar-refractivity contribution is -0.135. The second kappa shape index (κ2) is 7.76. The quantitative estimate of drug-likeness (QED) is 0.395. The number of rotatable bonds is 4. The number of aryl methyl sites for hydroxylation is 2. The first-order valence-electron chi connectivity index (χ1n) is 8.41. The monoisotopic (exact) mass is 375 g/mol. The minimum Gasteiger partial charge on any atom is -0.465 e. The van der Waals surface area contributed by atoms with Crippen LogP contribution in [0.2, 0.25) is 0 Å². The van der Waals surface area contributed by atoms with E-state index in [2.05, 4.69) is 9.72 Å². The highest BCUT2D eigenvalue weighted by atomic mass is 16.5. The molecule has 3 aromatic rings. The lowest BCUT2D eigenvalue weighted by Gasteiger charge is -2.12. The highest BCUT2D eigenvalue weighted by molar-refractivity contribution is 5.98. The second-order valence-corrected chi connectivity index (χ2v) is 6.10. The third-order valence-corrected chi connectivity index (χ3v) is 4.09. The molecule has 28 heavy (non-hydrogen) atoms. The number of benzene rings is 1. The van der Waals surface area contributed by atoms with E-state index in [1.165, 1.54) is 4.40 Å². The zero-order valence-corrected chi connectivity index (χ0v) is 15.6. The number of carbonyl (C=O) groups is 1. The number of nitrogens with zero attached hydrogens (tertiary/aromatic N) is 3. The summed E-state index contributed by atoms with van der Waals surface area (Å²) in [5.74, 6) is -0.332. The Morgan fingerprint density at radius 2 is 2.04 bits per heavy atom. The third kappa shape index (κ3) is 3.62. The Morgan fingerprint density at radius 3 is 2.71 bits per heavy atom. The second-order valence-electron chi connectivity index (χ2n) is 6.10. The number of methoxy groups -OCH3 is 1. The molecular weight excluding hydrogens is 358 g/mol. The molecule has 1 aromatic carbocycles. The summed E-state index contributed by atoms with van der Waals surface area (Å²) < 4.78 is 11.8. The molecule has 7 nitrogen and oxygen atoms in total. The van der Waals surface area contributed by atoms with Crippen LogP contribution < -0.4 is 10.3 Å². The van der Waals surface area contributed by atoms with Crippen molar-refractivity contribution in [3.05, 3.63) is 75.2 Å². The Kier molecular flexibility index (Phi) is 5.23. The van der Waals surface area contributed by atoms with E-state index >= 15 is 0 Å². The summed E-state index contributed by atoms with van der Waals surface area (Å²) in [6, 6.07) is 12.4. The summed E-state index contributed by atoms with van der Waals surface area (Å²) in [5, 5.41) is 9.26. The molecule has 0 aliphatic rings. The van der Waals surface area contributed by atoms with Gasteiger partial charge in [0.25, 0.3) is 5.56 Å². The fraction of sp³-hybridized carbons (Fsp3) is 0.143. The van der Waals surface area contributed by atoms with E-state index in [4.69, 9.17) is 4.74 Å². The molecule has 2 heterocycles. The van der Waals surface area contributed by atoms with E-state index in [-0.39, 0.29) is 17.0 Å². The number of ether oxygens (including phenoxy) is 2. The van der Waals surface area contributed by atoms with Gasteiger partial charge in [0.1, 0.15) is 28.6 Å². The predicted octanol–water partition coefficient (Wildman–Crippen LogP) is 3.18. The summed E-state index contributed by atoms with van der Waals surface area (Å²) in [7, 11) is 1.16. The van der Waals surface area contributed by atoms with Crippen molar-refractivity contribution in [3.63, 3.8) is 0 Å². The number of esters is 1. The summed E-state index contributed by atoms with van der Waals surface area (Å²) >= 11 is 0. The Bertz CT molecular complexity index is 1200. The molecule has 0 aliphatic carbocycles. The van der Waals surface area contributed by atoms with E-state index in [1.807, 2.05) is 26.0 Å². The molecule has 0 saturated heterocycles. The van der Waals surface area contributed by atoms with Crippen molar-refractivity contribution in [2.24, 2.45) is 0 Å². The van der Waals surface area contributed by atoms with Crippen LogP contribution in [0.4, 0.5) is 0 Å². The maximum atomic E-state index is 13.0. The van der Waals surface area contributed by atoms with E-state index in [0.29, 0.717) is 11.4 Å². The number of hydrogen-bond donors (Lipinski definition) is 0. The molecule has 7 heteroatoms. The SMILES string of the molecule is COC(=O)C(C#N)=Cc1c(Oc2ccc(C)cc2C)nc2ccccn2c1=O. The molecule has 0 N–H and O–H groups in total. The van der Waals surface area contributed by atoms with Gasteiger partial charge < -0.3 is 9.47 Å². The zero-order chi connectivity index (χ0) is 20.3. The fourth-order valence-corrected chi connectivity index (χ4v) is 2.69. The molecule has 0 fully saturated rings. The molecule has 0 unspecified atom stereocenters. The third-order valence-electron chi connectivity index (χ3n) is 4.09. The molecule has 0 saturated carbocycles. The van der Waals surface area contributed by atoms with Crippen LogP contribution in [0, 0.1) is 25.2 Å². The molecule has 140 valence electrons. The molecular formula is C21H17N3O4. The normalized spacial score (nSPS) is 11.1. The largest absolute Gasteiger partial charge is 0.465 e. The minimum absolute atomic E-state index is 0.000180. The standard InChI is InChI=1S/C21H17N3O4/c1-13-7-8-17(14(2)10-13)28-19-16(11-15(12-22)21(26)27-3)20(25)24-9-5-4-6-18(24)23-19/h4-11H,1-3H3. The van der Waals surface area contributed by atoms with E-state index in [1.54, 1.807) is 36.5 Å². The average Bonchev–Trinajstić information content (AvgIpc) is 2.69. The zero-order valence-electron chi connectivity index (χ0n) is 15.6. The molecule has 0 aliphatic heterocycles. The molecule has 0 bridgehead atoms. The molecule has 0 spiro atoms. The smallest absolute Gasteiger partial charge is 0.348 e. The lowest BCUT2D eigenvalue weighted by Crippen LogP contribution is -2.19. The van der Waals surface area contributed by atoms with Crippen LogP contribution >= 0.6 is 0 Å². The van der Waals surface area contributed by atoms with Gasteiger partial charge in [-0.15, -0.1) is 0 Å². The molecule has 0 atom stereocenters. The number of pyridine rings is 1. The van der Waals surface area contributed by atoms with Gasteiger partial charge in [-0.2, -0.15) is 10.2 Å². The van der Waals surface area contributed by atoms with Crippen LogP contribution in [0.5, 0.6) is 11.6 Å². The van der Waals surface area contributed by atoms with E-state index in [0.717, 1.165) is 24.3 Å². The Balaban J connectivity index is 2.25. The van der Waals surface area contributed by atoms with Crippen LogP contribution in [0.25, 0.3) is 11.7 Å². The van der Waals surface area contributed by atoms with Crippen molar-refractivity contribution >= 4 is 17.7 Å². The first kappa shape index (κ1) is 18.9. The van der Waals surface area contributed by atoms with Crippen LogP contribution in [0.1, 0.15) is 16.7 Å². The van der Waals surface area contributed by atoms with Crippen LogP contribution in [0.3, 0.4) is 0 Å². The minimum atomic E-state index is -0.850. The van der Waals surface area contributed by atoms with Gasteiger partial charge in [0, 0.05) is 6.20 Å². The van der Waals surface area contributed by atoms with Gasteiger partial charge in [-0.25, -0.2) is 4.79 Å². The number of hydrogen-bond acceptors (Lipinski definition) is 6. The summed E-state index contributed by atoms with van der Waals surface area (Å²) in [5.41, 5.74) is 1.48. The van der Waals surface area contributed by atoms with Crippen LogP contribution in [-0.2, 0) is 9.53 Å². The van der Waals surface area contributed by atoms with Gasteiger partial charge in [-0.1, -0.05) is 23.8 Å². The van der Waals surface area contributed by atoms with E-state index in [9.17, 15) is 14.9 Å². The van der Waals surface area contributed by atoms with Gasteiger partial charge in [0.2, 0.25) is 5.88 Å². The average molecular weight is 375 g/mol. The van der Waals surface area contributed by atoms with Crippen molar-refractivity contribution in [2.45, 2.75) is 13.8 Å². The van der Waals surface area contributed by atoms with Gasteiger partial charge >= 0.3 is 5.97 Å². The Morgan fingerprint density at radius 1 is 1.25 bits per heavy atom. The van der Waals surface area contributed by atoms with Crippen LogP contribution in [0.15, 0.2) is 53.0 Å². The predicted molar refractivity (Wildman–Crippen MR) is 103 cm³/mol. The Labute approximate surface area is 161 Å². The van der Waals surface area contributed by atoms with Gasteiger partial charge in [-0.05, 0) is 43.7 Å². The first-order chi connectivity index (χ1) is 13.4.